The van der Waals surface area contributed by atoms with Crippen molar-refractivity contribution in [2.45, 2.75) is 13.1 Å². The van der Waals surface area contributed by atoms with Gasteiger partial charge in [0.05, 0.1) is 11.3 Å². The van der Waals surface area contributed by atoms with E-state index < -0.39 is 6.17 Å². The molecule has 3 aromatic rings. The number of carbonyl (C=O) groups is 2. The number of benzene rings is 3. The zero-order valence-electron chi connectivity index (χ0n) is 18.3. The molecule has 0 bridgehead atoms. The van der Waals surface area contributed by atoms with Crippen molar-refractivity contribution in [2.24, 2.45) is 0 Å². The van der Waals surface area contributed by atoms with Gasteiger partial charge in [-0.25, -0.2) is 5.01 Å². The van der Waals surface area contributed by atoms with Gasteiger partial charge in [0, 0.05) is 29.0 Å². The van der Waals surface area contributed by atoms with Crippen molar-refractivity contribution in [3.8, 4) is 0 Å². The number of hydrogen-bond acceptors (Lipinski definition) is 4. The molecule has 0 aromatic heterocycles. The van der Waals surface area contributed by atoms with Gasteiger partial charge in [0.15, 0.2) is 0 Å². The van der Waals surface area contributed by atoms with Crippen LogP contribution in [0.5, 0.6) is 0 Å². The Balaban J connectivity index is 1.53. The summed E-state index contributed by atoms with van der Waals surface area (Å²) in [5, 5.41) is 7.50. The summed E-state index contributed by atoms with van der Waals surface area (Å²) in [5.74, 6) is -0.279. The van der Waals surface area contributed by atoms with E-state index in [2.05, 4.69) is 5.32 Å². The van der Waals surface area contributed by atoms with Crippen molar-refractivity contribution >= 4 is 46.1 Å². The van der Waals surface area contributed by atoms with Crippen LogP contribution in [0, 0.1) is 0 Å². The Morgan fingerprint density at radius 3 is 2.39 bits per heavy atom. The molecule has 0 spiro atoms. The highest BCUT2D eigenvalue weighted by Gasteiger charge is 2.47. The lowest BCUT2D eigenvalue weighted by Crippen LogP contribution is -2.51. The van der Waals surface area contributed by atoms with E-state index in [0.29, 0.717) is 16.3 Å². The summed E-state index contributed by atoms with van der Waals surface area (Å²) in [5.41, 5.74) is 4.95. The van der Waals surface area contributed by atoms with Gasteiger partial charge >= 0.3 is 0 Å². The van der Waals surface area contributed by atoms with Crippen LogP contribution in [0.15, 0.2) is 84.4 Å². The first kappa shape index (κ1) is 21.2. The Morgan fingerprint density at radius 1 is 1.00 bits per heavy atom. The summed E-state index contributed by atoms with van der Waals surface area (Å²) in [6.07, 6.45) is -0.449. The van der Waals surface area contributed by atoms with E-state index >= 15 is 0 Å². The fourth-order valence-electron chi connectivity index (χ4n) is 4.40. The molecule has 0 aliphatic carbocycles. The monoisotopic (exact) mass is 458 g/mol. The number of nitrogens with one attached hydrogen (secondary N) is 1. The van der Waals surface area contributed by atoms with Gasteiger partial charge < -0.3 is 10.2 Å². The van der Waals surface area contributed by atoms with Crippen LogP contribution < -0.4 is 15.2 Å². The van der Waals surface area contributed by atoms with E-state index in [4.69, 9.17) is 11.6 Å². The molecule has 2 aliphatic heterocycles. The van der Waals surface area contributed by atoms with Gasteiger partial charge in [-0.15, -0.1) is 0 Å². The van der Waals surface area contributed by atoms with Crippen LogP contribution in [-0.4, -0.2) is 36.6 Å². The SMILES string of the molecule is CC1=C2C(=O)N(c3ccccc3)N(CC(=O)N(C)c3ccc(Cl)cc3)C2Nc2ccccc21. The van der Waals surface area contributed by atoms with Gasteiger partial charge in [-0.3, -0.25) is 9.59 Å². The summed E-state index contributed by atoms with van der Waals surface area (Å²) in [6, 6.07) is 24.4. The summed E-state index contributed by atoms with van der Waals surface area (Å²) in [4.78, 5) is 28.6. The third kappa shape index (κ3) is 3.67. The highest BCUT2D eigenvalue weighted by molar-refractivity contribution is 6.30. The van der Waals surface area contributed by atoms with E-state index in [1.54, 1.807) is 46.2 Å². The number of rotatable bonds is 4. The van der Waals surface area contributed by atoms with E-state index in [1.807, 2.05) is 61.5 Å². The number of likely N-dealkylation sites (N-methyl/N-ethyl adjacent to an activating group) is 1. The molecule has 2 aliphatic rings. The molecule has 0 radical (unpaired) electrons. The zero-order chi connectivity index (χ0) is 23.1. The maximum absolute atomic E-state index is 13.7. The summed E-state index contributed by atoms with van der Waals surface area (Å²) < 4.78 is 0. The second-order valence-corrected chi connectivity index (χ2v) is 8.55. The lowest BCUT2D eigenvalue weighted by atomic mass is 9.94. The predicted molar refractivity (Wildman–Crippen MR) is 132 cm³/mol. The zero-order valence-corrected chi connectivity index (χ0v) is 19.1. The minimum absolute atomic E-state index is 0.0103. The van der Waals surface area contributed by atoms with E-state index in [1.165, 1.54) is 0 Å². The molecule has 3 aromatic carbocycles. The predicted octanol–water partition coefficient (Wildman–Crippen LogP) is 4.79. The Morgan fingerprint density at radius 2 is 1.67 bits per heavy atom. The summed E-state index contributed by atoms with van der Waals surface area (Å²) in [6.45, 7) is 1.98. The van der Waals surface area contributed by atoms with Crippen LogP contribution in [0.25, 0.3) is 5.57 Å². The molecule has 1 unspecified atom stereocenters. The molecule has 5 rings (SSSR count). The van der Waals surface area contributed by atoms with Crippen LogP contribution >= 0.6 is 11.6 Å². The third-order valence-electron chi connectivity index (χ3n) is 6.16. The minimum atomic E-state index is -0.449. The van der Waals surface area contributed by atoms with Gasteiger partial charge in [-0.2, -0.15) is 5.01 Å². The first-order valence-corrected chi connectivity index (χ1v) is 11.1. The number of amides is 2. The van der Waals surface area contributed by atoms with E-state index in [-0.39, 0.29) is 18.4 Å². The maximum Gasteiger partial charge on any atom is 0.272 e. The maximum atomic E-state index is 13.7. The Hall–Kier alpha value is -3.61. The van der Waals surface area contributed by atoms with Crippen LogP contribution in [0.2, 0.25) is 5.02 Å². The van der Waals surface area contributed by atoms with E-state index in [9.17, 15) is 9.59 Å². The lowest BCUT2D eigenvalue weighted by Gasteiger charge is -2.34. The molecule has 1 saturated heterocycles. The number of para-hydroxylation sites is 2. The highest BCUT2D eigenvalue weighted by atomic mass is 35.5. The van der Waals surface area contributed by atoms with Crippen molar-refractivity contribution < 1.29 is 9.59 Å². The number of anilines is 3. The lowest BCUT2D eigenvalue weighted by molar-refractivity contribution is -0.120. The average Bonchev–Trinajstić information content (AvgIpc) is 3.11. The molecule has 1 atom stereocenters. The molecule has 0 saturated carbocycles. The van der Waals surface area contributed by atoms with Crippen molar-refractivity contribution in [1.29, 1.82) is 0 Å². The van der Waals surface area contributed by atoms with Crippen LogP contribution in [0.4, 0.5) is 17.1 Å². The van der Waals surface area contributed by atoms with Gasteiger partial charge in [0.2, 0.25) is 5.91 Å². The average molecular weight is 459 g/mol. The minimum Gasteiger partial charge on any atom is -0.364 e. The van der Waals surface area contributed by atoms with Crippen LogP contribution in [0.1, 0.15) is 12.5 Å². The van der Waals surface area contributed by atoms with Crippen molar-refractivity contribution in [3.63, 3.8) is 0 Å². The Bertz CT molecular complexity index is 1260. The summed E-state index contributed by atoms with van der Waals surface area (Å²) >= 11 is 6.00. The smallest absolute Gasteiger partial charge is 0.272 e. The first-order valence-electron chi connectivity index (χ1n) is 10.7. The Labute approximate surface area is 197 Å². The topological polar surface area (TPSA) is 55.9 Å². The largest absolute Gasteiger partial charge is 0.364 e. The quantitative estimate of drug-likeness (QED) is 0.610. The molecule has 2 amide bonds. The Kier molecular flexibility index (Phi) is 5.40. The number of nitrogens with zero attached hydrogens (tertiary/aromatic N) is 3. The first-order chi connectivity index (χ1) is 16.0. The fraction of sp³-hybridized carbons (Fsp3) is 0.154. The molecule has 33 heavy (non-hydrogen) atoms. The number of hydrogen-bond donors (Lipinski definition) is 1. The molecule has 2 heterocycles. The van der Waals surface area contributed by atoms with Gasteiger partial charge in [-0.05, 0) is 55.0 Å². The highest BCUT2D eigenvalue weighted by Crippen LogP contribution is 2.41. The number of allylic oxidation sites excluding steroid dienone is 1. The second-order valence-electron chi connectivity index (χ2n) is 8.11. The number of halogens is 1. The third-order valence-corrected chi connectivity index (χ3v) is 6.42. The van der Waals surface area contributed by atoms with Crippen LogP contribution in [-0.2, 0) is 9.59 Å². The van der Waals surface area contributed by atoms with Crippen molar-refractivity contribution in [1.82, 2.24) is 5.01 Å². The fourth-order valence-corrected chi connectivity index (χ4v) is 4.53. The van der Waals surface area contributed by atoms with Gasteiger partial charge in [-0.1, -0.05) is 48.0 Å². The molecular formula is C26H23ClN4O2. The molecule has 1 fully saturated rings. The molecular weight excluding hydrogens is 436 g/mol. The van der Waals surface area contributed by atoms with Gasteiger partial charge in [0.1, 0.15) is 12.7 Å². The number of hydrazine groups is 1. The number of carbonyl (C=O) groups excluding carboxylic acids is 2. The van der Waals surface area contributed by atoms with Crippen molar-refractivity contribution in [3.05, 3.63) is 95.0 Å². The normalized spacial score (nSPS) is 17.5. The van der Waals surface area contributed by atoms with Crippen LogP contribution in [0.3, 0.4) is 0 Å². The molecule has 1 N–H and O–H groups in total. The summed E-state index contributed by atoms with van der Waals surface area (Å²) in [7, 11) is 1.72. The second kappa shape index (κ2) is 8.39. The van der Waals surface area contributed by atoms with E-state index in [0.717, 1.165) is 22.5 Å². The van der Waals surface area contributed by atoms with Gasteiger partial charge in [0.25, 0.3) is 5.91 Å². The molecule has 6 nitrogen and oxygen atoms in total. The molecule has 7 heteroatoms. The number of fused-ring (bicyclic) bond motifs is 2. The molecule has 166 valence electrons. The van der Waals surface area contributed by atoms with Crippen molar-refractivity contribution in [2.75, 3.05) is 28.8 Å². The standard InChI is InChI=1S/C26H23ClN4O2/c1-17-21-10-6-7-11-22(21)28-25-24(17)26(33)31(20-8-4-3-5-9-20)30(25)16-23(32)29(2)19-14-12-18(27)13-15-19/h3-15,25,28H,16H2,1-2H3.